The first-order valence-corrected chi connectivity index (χ1v) is 10.1. The second-order valence-corrected chi connectivity index (χ2v) is 7.46. The lowest BCUT2D eigenvalue weighted by Gasteiger charge is -2.15. The number of carbonyl (C=O) groups is 1. The third-order valence-electron chi connectivity index (χ3n) is 5.02. The van der Waals surface area contributed by atoms with Gasteiger partial charge in [-0.05, 0) is 26.8 Å². The molecule has 4 rings (SSSR count). The minimum absolute atomic E-state index is 0.197. The van der Waals surface area contributed by atoms with Crippen LogP contribution in [0, 0.1) is 6.92 Å². The summed E-state index contributed by atoms with van der Waals surface area (Å²) in [5, 5.41) is 13.9. The number of rotatable bonds is 6. The van der Waals surface area contributed by atoms with Crippen LogP contribution in [-0.2, 0) is 19.6 Å². The number of hydrogen-bond donors (Lipinski definition) is 0. The lowest BCUT2D eigenvalue weighted by atomic mass is 10.2. The van der Waals surface area contributed by atoms with Crippen LogP contribution in [0.2, 0.25) is 5.02 Å². The highest BCUT2D eigenvalue weighted by Gasteiger charge is 2.22. The van der Waals surface area contributed by atoms with Crippen LogP contribution < -0.4 is 0 Å². The summed E-state index contributed by atoms with van der Waals surface area (Å²) in [4.78, 5) is 19.1. The van der Waals surface area contributed by atoms with Gasteiger partial charge in [0, 0.05) is 44.3 Å². The maximum atomic E-state index is 13.1. The summed E-state index contributed by atoms with van der Waals surface area (Å²) in [5.41, 5.74) is 4.26. The fourth-order valence-corrected chi connectivity index (χ4v) is 3.60. The zero-order chi connectivity index (χ0) is 21.4. The van der Waals surface area contributed by atoms with Crippen LogP contribution in [0.15, 0.2) is 30.9 Å². The van der Waals surface area contributed by atoms with Gasteiger partial charge in [-0.3, -0.25) is 14.2 Å². The first-order valence-electron chi connectivity index (χ1n) is 9.77. The van der Waals surface area contributed by atoms with Crippen molar-refractivity contribution in [2.45, 2.75) is 40.4 Å². The number of amides is 1. The Balaban J connectivity index is 1.67. The quantitative estimate of drug-likeness (QED) is 0.473. The maximum Gasteiger partial charge on any atom is 0.259 e. The third-order valence-corrected chi connectivity index (χ3v) is 5.34. The summed E-state index contributed by atoms with van der Waals surface area (Å²) < 4.78 is 5.31. The lowest BCUT2D eigenvalue weighted by molar-refractivity contribution is 0.0785. The van der Waals surface area contributed by atoms with E-state index < -0.39 is 0 Å². The van der Waals surface area contributed by atoms with E-state index in [-0.39, 0.29) is 5.91 Å². The third kappa shape index (κ3) is 3.45. The Kier molecular flexibility index (Phi) is 5.29. The van der Waals surface area contributed by atoms with Gasteiger partial charge in [-0.15, -0.1) is 0 Å². The van der Waals surface area contributed by atoms with Gasteiger partial charge in [0.05, 0.1) is 29.2 Å². The second kappa shape index (κ2) is 7.91. The molecular formula is C20H23ClN8O. The van der Waals surface area contributed by atoms with Gasteiger partial charge >= 0.3 is 0 Å². The number of aryl methyl sites for hydroxylation is 3. The van der Waals surface area contributed by atoms with Crippen molar-refractivity contribution >= 4 is 23.2 Å². The van der Waals surface area contributed by atoms with E-state index in [0.29, 0.717) is 35.0 Å². The van der Waals surface area contributed by atoms with Crippen molar-refractivity contribution < 1.29 is 4.79 Å². The van der Waals surface area contributed by atoms with Crippen LogP contribution in [0.25, 0.3) is 16.9 Å². The second-order valence-electron chi connectivity index (χ2n) is 7.05. The average molecular weight is 427 g/mol. The molecule has 0 aromatic carbocycles. The fraction of sp³-hybridized carbons (Fsp3) is 0.350. The minimum Gasteiger partial charge on any atom is -0.336 e. The van der Waals surface area contributed by atoms with Gasteiger partial charge < -0.3 is 4.90 Å². The Morgan fingerprint density at radius 2 is 1.90 bits per heavy atom. The molecule has 4 aromatic rings. The Morgan fingerprint density at radius 3 is 2.57 bits per heavy atom. The van der Waals surface area contributed by atoms with Crippen molar-refractivity contribution in [3.63, 3.8) is 0 Å². The molecule has 10 heteroatoms. The molecule has 0 bridgehead atoms. The highest BCUT2D eigenvalue weighted by atomic mass is 35.5. The molecule has 156 valence electrons. The van der Waals surface area contributed by atoms with E-state index >= 15 is 0 Å². The van der Waals surface area contributed by atoms with Gasteiger partial charge in [0.25, 0.3) is 5.91 Å². The van der Waals surface area contributed by atoms with Crippen LogP contribution in [0.3, 0.4) is 0 Å². The first-order chi connectivity index (χ1) is 14.4. The molecule has 4 heterocycles. The molecule has 1 amide bonds. The zero-order valence-electron chi connectivity index (χ0n) is 17.4. The summed E-state index contributed by atoms with van der Waals surface area (Å²) in [6.07, 6.45) is 6.98. The number of nitrogens with zero attached hydrogens (tertiary/aromatic N) is 8. The molecule has 0 unspecified atom stereocenters. The van der Waals surface area contributed by atoms with Gasteiger partial charge in [-0.1, -0.05) is 11.6 Å². The normalized spacial score (nSPS) is 11.4. The molecule has 0 aliphatic heterocycles. The van der Waals surface area contributed by atoms with Crippen molar-refractivity contribution in [1.82, 2.24) is 39.1 Å². The van der Waals surface area contributed by atoms with E-state index in [1.165, 1.54) is 0 Å². The molecule has 30 heavy (non-hydrogen) atoms. The van der Waals surface area contributed by atoms with E-state index in [0.717, 1.165) is 23.5 Å². The van der Waals surface area contributed by atoms with Crippen LogP contribution >= 0.6 is 11.6 Å². The van der Waals surface area contributed by atoms with E-state index in [1.54, 1.807) is 39.7 Å². The van der Waals surface area contributed by atoms with E-state index in [1.807, 2.05) is 37.7 Å². The van der Waals surface area contributed by atoms with Crippen LogP contribution in [0.5, 0.6) is 0 Å². The smallest absolute Gasteiger partial charge is 0.259 e. The minimum atomic E-state index is -0.197. The van der Waals surface area contributed by atoms with Crippen LogP contribution in [-0.4, -0.2) is 52.0 Å². The van der Waals surface area contributed by atoms with Crippen molar-refractivity contribution in [3.8, 4) is 11.3 Å². The van der Waals surface area contributed by atoms with Gasteiger partial charge in [-0.25, -0.2) is 9.50 Å². The van der Waals surface area contributed by atoms with Crippen molar-refractivity contribution in [3.05, 3.63) is 52.8 Å². The summed E-state index contributed by atoms with van der Waals surface area (Å²) >= 11 is 6.25. The summed E-state index contributed by atoms with van der Waals surface area (Å²) in [6.45, 7) is 7.76. The first kappa shape index (κ1) is 20.1. The molecule has 0 saturated heterocycles. The predicted octanol–water partition coefficient (Wildman–Crippen LogP) is 3.06. The molecule has 0 aliphatic rings. The van der Waals surface area contributed by atoms with Crippen LogP contribution in [0.4, 0.5) is 0 Å². The van der Waals surface area contributed by atoms with Gasteiger partial charge in [0.2, 0.25) is 0 Å². The largest absolute Gasteiger partial charge is 0.336 e. The number of hydrogen-bond acceptors (Lipinski definition) is 5. The van der Waals surface area contributed by atoms with E-state index in [9.17, 15) is 4.79 Å². The summed E-state index contributed by atoms with van der Waals surface area (Å²) in [7, 11) is 1.71. The monoisotopic (exact) mass is 426 g/mol. The molecular weight excluding hydrogens is 404 g/mol. The van der Waals surface area contributed by atoms with E-state index in [2.05, 4.69) is 20.3 Å². The highest BCUT2D eigenvalue weighted by molar-refractivity contribution is 6.31. The molecule has 4 aromatic heterocycles. The Labute approximate surface area is 178 Å². The molecule has 9 nitrogen and oxygen atoms in total. The van der Waals surface area contributed by atoms with Crippen molar-refractivity contribution in [1.29, 1.82) is 0 Å². The SMILES string of the molecule is CCn1cc(-c2ccnc3c(C(=O)N(C)Cc4nn(CC)cc4Cl)cnn23)c(C)n1. The van der Waals surface area contributed by atoms with E-state index in [4.69, 9.17) is 11.6 Å². The molecule has 0 fully saturated rings. The molecule has 0 spiro atoms. The number of carbonyl (C=O) groups excluding carboxylic acids is 1. The topological polar surface area (TPSA) is 86.1 Å². The molecule has 0 radical (unpaired) electrons. The Bertz CT molecular complexity index is 1220. The Hall–Kier alpha value is -3.20. The van der Waals surface area contributed by atoms with Crippen molar-refractivity contribution in [2.75, 3.05) is 7.05 Å². The number of aromatic nitrogens is 7. The summed E-state index contributed by atoms with van der Waals surface area (Å²) in [5.74, 6) is -0.197. The summed E-state index contributed by atoms with van der Waals surface area (Å²) in [6, 6.07) is 1.87. The zero-order valence-corrected chi connectivity index (χ0v) is 18.1. The lowest BCUT2D eigenvalue weighted by Crippen LogP contribution is -2.26. The van der Waals surface area contributed by atoms with Gasteiger partial charge in [0.1, 0.15) is 11.3 Å². The maximum absolute atomic E-state index is 13.1. The highest BCUT2D eigenvalue weighted by Crippen LogP contribution is 2.24. The number of fused-ring (bicyclic) bond motifs is 1. The predicted molar refractivity (Wildman–Crippen MR) is 113 cm³/mol. The van der Waals surface area contributed by atoms with Gasteiger partial charge in [-0.2, -0.15) is 15.3 Å². The molecule has 0 atom stereocenters. The number of halogens is 1. The molecule has 0 aliphatic carbocycles. The standard InChI is InChI=1S/C20H23ClN8O/c1-5-27-10-15(13(3)24-27)18-7-8-22-19-14(9-23-29(18)19)20(30)26(4)12-17-16(21)11-28(6-2)25-17/h7-11H,5-6,12H2,1-4H3. The Morgan fingerprint density at radius 1 is 1.17 bits per heavy atom. The molecule has 0 N–H and O–H groups in total. The molecule has 0 saturated carbocycles. The van der Waals surface area contributed by atoms with Crippen LogP contribution in [0.1, 0.15) is 35.6 Å². The van der Waals surface area contributed by atoms with Gasteiger partial charge in [0.15, 0.2) is 5.65 Å². The van der Waals surface area contributed by atoms with Crippen molar-refractivity contribution in [2.24, 2.45) is 0 Å². The average Bonchev–Trinajstić information content (AvgIpc) is 3.44. The fourth-order valence-electron chi connectivity index (χ4n) is 3.39.